The number of dihydropyridines is 1. The second-order valence-corrected chi connectivity index (χ2v) is 2.07. The quantitative estimate of drug-likeness (QED) is 0.504. The van der Waals surface area contributed by atoms with Gasteiger partial charge in [-0.3, -0.25) is 9.79 Å². The summed E-state index contributed by atoms with van der Waals surface area (Å²) in [6.45, 7) is 1.90. The van der Waals surface area contributed by atoms with E-state index < -0.39 is 0 Å². The molecule has 0 saturated heterocycles. The monoisotopic (exact) mass is 122 g/mol. The van der Waals surface area contributed by atoms with E-state index in [2.05, 4.69) is 4.99 Å². The van der Waals surface area contributed by atoms with Crippen molar-refractivity contribution >= 4 is 12.5 Å². The average Bonchev–Trinajstić information content (AvgIpc) is 1.89. The van der Waals surface area contributed by atoms with Gasteiger partial charge < -0.3 is 0 Å². The number of rotatable bonds is 1. The Bertz CT molecular complexity index is 160. The van der Waals surface area contributed by atoms with Gasteiger partial charge in [0, 0.05) is 6.21 Å². The van der Waals surface area contributed by atoms with Crippen molar-refractivity contribution in [1.82, 2.24) is 0 Å². The second-order valence-electron chi connectivity index (χ2n) is 2.07. The zero-order valence-corrected chi connectivity index (χ0v) is 5.24. The third-order valence-corrected chi connectivity index (χ3v) is 1.38. The molecule has 2 heteroatoms. The number of nitrogens with zero attached hydrogens (tertiary/aromatic N) is 1. The van der Waals surface area contributed by atoms with Crippen molar-refractivity contribution in [3.8, 4) is 0 Å². The van der Waals surface area contributed by atoms with Crippen molar-refractivity contribution in [3.05, 3.63) is 12.2 Å². The third-order valence-electron chi connectivity index (χ3n) is 1.38. The van der Waals surface area contributed by atoms with Crippen LogP contribution in [-0.2, 0) is 4.79 Å². The first-order valence-electron chi connectivity index (χ1n) is 2.92. The number of aliphatic imine (C=N–C) groups is 1. The molecule has 0 fully saturated rings. The maximum absolute atomic E-state index is 10.1. The van der Waals surface area contributed by atoms with Crippen LogP contribution in [0.1, 0.15) is 6.92 Å². The Morgan fingerprint density at radius 2 is 2.44 bits per heavy atom. The molecule has 0 aromatic rings. The minimum absolute atomic E-state index is 0.0764. The Hall–Kier alpha value is -0.920. The van der Waals surface area contributed by atoms with Gasteiger partial charge in [0.2, 0.25) is 6.29 Å². The van der Waals surface area contributed by atoms with Gasteiger partial charge in [0.1, 0.15) is 0 Å². The molecule has 0 spiro atoms. The smallest absolute Gasteiger partial charge is 0.208 e. The summed E-state index contributed by atoms with van der Waals surface area (Å²) < 4.78 is 0. The van der Waals surface area contributed by atoms with E-state index in [4.69, 9.17) is 0 Å². The summed E-state index contributed by atoms with van der Waals surface area (Å²) >= 11 is 0. The van der Waals surface area contributed by atoms with Crippen LogP contribution in [0.15, 0.2) is 17.1 Å². The standard InChI is InChI=1S/C7H8NO/c1-6-7(5-9)3-2-4-8-6/h2-4,6-7H,1H3. The molecule has 2 atom stereocenters. The second kappa shape index (κ2) is 2.58. The summed E-state index contributed by atoms with van der Waals surface area (Å²) in [6.07, 6.45) is 7.19. The Balaban J connectivity index is 2.65. The van der Waals surface area contributed by atoms with Gasteiger partial charge in [-0.25, -0.2) is 0 Å². The molecule has 2 nitrogen and oxygen atoms in total. The van der Waals surface area contributed by atoms with E-state index in [0.29, 0.717) is 0 Å². The van der Waals surface area contributed by atoms with E-state index in [1.54, 1.807) is 12.3 Å². The molecule has 1 radical (unpaired) electrons. The summed E-state index contributed by atoms with van der Waals surface area (Å²) in [5, 5.41) is 0. The first kappa shape index (κ1) is 6.20. The fourth-order valence-corrected chi connectivity index (χ4v) is 0.746. The highest BCUT2D eigenvalue weighted by Gasteiger charge is 2.13. The van der Waals surface area contributed by atoms with Gasteiger partial charge in [-0.1, -0.05) is 6.08 Å². The molecule has 0 bridgehead atoms. The highest BCUT2D eigenvalue weighted by molar-refractivity contribution is 5.75. The van der Waals surface area contributed by atoms with Crippen LogP contribution >= 0.6 is 0 Å². The SMILES string of the molecule is CC1N=CC=CC1[C]=O. The Morgan fingerprint density at radius 3 is 2.89 bits per heavy atom. The van der Waals surface area contributed by atoms with Crippen molar-refractivity contribution in [1.29, 1.82) is 0 Å². The van der Waals surface area contributed by atoms with Crippen molar-refractivity contribution in [2.75, 3.05) is 0 Å². The van der Waals surface area contributed by atoms with E-state index in [9.17, 15) is 4.79 Å². The normalized spacial score (nSPS) is 32.6. The van der Waals surface area contributed by atoms with E-state index in [1.807, 2.05) is 19.3 Å². The molecule has 0 aliphatic carbocycles. The zero-order valence-electron chi connectivity index (χ0n) is 5.24. The number of carbonyl (C=O) groups excluding carboxylic acids is 1. The molecule has 1 heterocycles. The van der Waals surface area contributed by atoms with Crippen LogP contribution in [0, 0.1) is 5.92 Å². The Morgan fingerprint density at radius 1 is 1.67 bits per heavy atom. The van der Waals surface area contributed by atoms with Crippen LogP contribution in [0.25, 0.3) is 0 Å². The van der Waals surface area contributed by atoms with Gasteiger partial charge >= 0.3 is 0 Å². The Kier molecular flexibility index (Phi) is 1.78. The summed E-state index contributed by atoms with van der Waals surface area (Å²) in [5.41, 5.74) is 0. The molecule has 1 aliphatic rings. The molecule has 0 N–H and O–H groups in total. The van der Waals surface area contributed by atoms with Crippen LogP contribution in [0.5, 0.6) is 0 Å². The molecule has 0 aromatic carbocycles. The highest BCUT2D eigenvalue weighted by atomic mass is 16.1. The predicted molar refractivity (Wildman–Crippen MR) is 36.3 cm³/mol. The van der Waals surface area contributed by atoms with Crippen LogP contribution in [-0.4, -0.2) is 18.5 Å². The molecule has 2 unspecified atom stereocenters. The first-order chi connectivity index (χ1) is 4.34. The molecule has 0 saturated carbocycles. The Labute approximate surface area is 54.3 Å². The van der Waals surface area contributed by atoms with Crippen LogP contribution in [0.4, 0.5) is 0 Å². The summed E-state index contributed by atoms with van der Waals surface area (Å²) in [6, 6.07) is 0.0764. The summed E-state index contributed by atoms with van der Waals surface area (Å²) in [4.78, 5) is 14.1. The topological polar surface area (TPSA) is 29.4 Å². The van der Waals surface area contributed by atoms with Gasteiger partial charge in [0.25, 0.3) is 0 Å². The zero-order chi connectivity index (χ0) is 6.69. The van der Waals surface area contributed by atoms with Crippen molar-refractivity contribution in [2.24, 2.45) is 10.9 Å². The van der Waals surface area contributed by atoms with Crippen molar-refractivity contribution < 1.29 is 4.79 Å². The largest absolute Gasteiger partial charge is 0.290 e. The van der Waals surface area contributed by atoms with E-state index in [0.717, 1.165) is 0 Å². The van der Waals surface area contributed by atoms with E-state index in [-0.39, 0.29) is 12.0 Å². The minimum atomic E-state index is -0.130. The number of allylic oxidation sites excluding steroid dienone is 1. The van der Waals surface area contributed by atoms with Gasteiger partial charge in [-0.15, -0.1) is 0 Å². The average molecular weight is 122 g/mol. The van der Waals surface area contributed by atoms with Crippen molar-refractivity contribution in [2.45, 2.75) is 13.0 Å². The lowest BCUT2D eigenvalue weighted by Crippen LogP contribution is -2.16. The lowest BCUT2D eigenvalue weighted by Gasteiger charge is -2.11. The van der Waals surface area contributed by atoms with Crippen LogP contribution < -0.4 is 0 Å². The van der Waals surface area contributed by atoms with Crippen LogP contribution in [0.2, 0.25) is 0 Å². The van der Waals surface area contributed by atoms with E-state index in [1.165, 1.54) is 0 Å². The van der Waals surface area contributed by atoms with Gasteiger partial charge in [0.05, 0.1) is 12.0 Å². The summed E-state index contributed by atoms with van der Waals surface area (Å²) in [7, 11) is 0. The molecule has 1 rings (SSSR count). The van der Waals surface area contributed by atoms with Crippen LogP contribution in [0.3, 0.4) is 0 Å². The molecule has 1 aliphatic heterocycles. The van der Waals surface area contributed by atoms with Gasteiger partial charge in [-0.2, -0.15) is 0 Å². The maximum Gasteiger partial charge on any atom is 0.208 e. The maximum atomic E-state index is 10.1. The fourth-order valence-electron chi connectivity index (χ4n) is 0.746. The number of hydrogen-bond donors (Lipinski definition) is 0. The summed E-state index contributed by atoms with van der Waals surface area (Å²) in [5.74, 6) is -0.130. The highest BCUT2D eigenvalue weighted by Crippen LogP contribution is 2.08. The first-order valence-corrected chi connectivity index (χ1v) is 2.92. The minimum Gasteiger partial charge on any atom is -0.290 e. The lowest BCUT2D eigenvalue weighted by molar-refractivity contribution is 0.520. The van der Waals surface area contributed by atoms with Crippen molar-refractivity contribution in [3.63, 3.8) is 0 Å². The molecule has 9 heavy (non-hydrogen) atoms. The fraction of sp³-hybridized carbons (Fsp3) is 0.429. The molecule has 0 aromatic heterocycles. The third kappa shape index (κ3) is 1.25. The molecule has 0 amide bonds. The molecule has 47 valence electrons. The van der Waals surface area contributed by atoms with Gasteiger partial charge in [0.15, 0.2) is 0 Å². The number of hydrogen-bond acceptors (Lipinski definition) is 2. The molecular formula is C7H8NO. The van der Waals surface area contributed by atoms with E-state index >= 15 is 0 Å². The predicted octanol–water partition coefficient (Wildman–Crippen LogP) is 0.741. The molecular weight excluding hydrogens is 114 g/mol. The lowest BCUT2D eigenvalue weighted by atomic mass is 10.0. The van der Waals surface area contributed by atoms with Gasteiger partial charge in [-0.05, 0) is 13.0 Å².